The Kier molecular flexibility index (Phi) is 4.65. The highest BCUT2D eigenvalue weighted by Crippen LogP contribution is 2.32. The first-order valence-electron chi connectivity index (χ1n) is 7.26. The molecular formula is C19H15NS2. The number of thiophene rings is 1. The minimum atomic E-state index is 0.854. The third-order valence-corrected chi connectivity index (χ3v) is 4.82. The summed E-state index contributed by atoms with van der Waals surface area (Å²) < 4.78 is 0. The zero-order valence-corrected chi connectivity index (χ0v) is 14.0. The number of nitrogens with zero attached hydrogens (tertiary/aromatic N) is 1. The molecule has 3 heteroatoms. The number of hydrogen-bond acceptors (Lipinski definition) is 3. The zero-order chi connectivity index (χ0) is 15.4. The van der Waals surface area contributed by atoms with Gasteiger partial charge in [0.05, 0.1) is 15.7 Å². The summed E-state index contributed by atoms with van der Waals surface area (Å²) in [5.41, 5.74) is 4.39. The Hall–Kier alpha value is -1.98. The van der Waals surface area contributed by atoms with Gasteiger partial charge in [-0.25, -0.2) is 0 Å². The van der Waals surface area contributed by atoms with Crippen LogP contribution in [0.4, 0.5) is 5.69 Å². The van der Waals surface area contributed by atoms with E-state index in [4.69, 9.17) is 0 Å². The maximum atomic E-state index is 4.64. The molecule has 0 aliphatic heterocycles. The van der Waals surface area contributed by atoms with Crippen molar-refractivity contribution in [3.63, 3.8) is 0 Å². The van der Waals surface area contributed by atoms with E-state index in [9.17, 15) is 0 Å². The lowest BCUT2D eigenvalue weighted by atomic mass is 10.1. The van der Waals surface area contributed by atoms with Gasteiger partial charge in [-0.1, -0.05) is 17.9 Å². The molecule has 108 valence electrons. The molecule has 0 amide bonds. The van der Waals surface area contributed by atoms with E-state index in [1.165, 1.54) is 29.7 Å². The Morgan fingerprint density at radius 2 is 2.09 bits per heavy atom. The van der Waals surface area contributed by atoms with Gasteiger partial charge in [0.1, 0.15) is 0 Å². The van der Waals surface area contributed by atoms with Crippen LogP contribution in [0.2, 0.25) is 0 Å². The van der Waals surface area contributed by atoms with Crippen LogP contribution in [-0.2, 0) is 0 Å². The molecule has 1 aliphatic carbocycles. The fourth-order valence-electron chi connectivity index (χ4n) is 2.51. The van der Waals surface area contributed by atoms with E-state index in [0.29, 0.717) is 0 Å². The average Bonchev–Trinajstić information content (AvgIpc) is 3.18. The smallest absolute Gasteiger partial charge is 0.0778 e. The number of thiocarbonyl (C=S) groups is 1. The predicted molar refractivity (Wildman–Crippen MR) is 98.0 cm³/mol. The molecule has 1 aliphatic rings. The Morgan fingerprint density at radius 1 is 1.18 bits per heavy atom. The van der Waals surface area contributed by atoms with Crippen LogP contribution in [0.15, 0.2) is 41.4 Å². The lowest BCUT2D eigenvalue weighted by molar-refractivity contribution is 0.936. The number of benzene rings is 1. The van der Waals surface area contributed by atoms with Gasteiger partial charge in [-0.3, -0.25) is 0 Å². The number of isothiocyanates is 1. The molecule has 0 atom stereocenters. The second-order valence-corrected chi connectivity index (χ2v) is 6.51. The molecular weight excluding hydrogens is 306 g/mol. The third-order valence-electron chi connectivity index (χ3n) is 3.66. The van der Waals surface area contributed by atoms with Gasteiger partial charge < -0.3 is 0 Å². The summed E-state index contributed by atoms with van der Waals surface area (Å²) in [7, 11) is 0. The second-order valence-electron chi connectivity index (χ2n) is 5.24. The van der Waals surface area contributed by atoms with Crippen LogP contribution in [0.25, 0.3) is 5.57 Å². The molecule has 3 rings (SSSR count). The van der Waals surface area contributed by atoms with Crippen molar-refractivity contribution >= 4 is 40.0 Å². The quantitative estimate of drug-likeness (QED) is 0.389. The summed E-state index contributed by atoms with van der Waals surface area (Å²) in [5.74, 6) is 6.49. The molecule has 22 heavy (non-hydrogen) atoms. The number of aryl methyl sites for hydroxylation is 1. The Morgan fingerprint density at radius 3 is 2.82 bits per heavy atom. The van der Waals surface area contributed by atoms with Crippen molar-refractivity contribution in [1.29, 1.82) is 0 Å². The summed E-state index contributed by atoms with van der Waals surface area (Å²) in [6, 6.07) is 10.2. The van der Waals surface area contributed by atoms with Crippen LogP contribution in [0.5, 0.6) is 0 Å². The lowest BCUT2D eigenvalue weighted by Gasteiger charge is -1.98. The molecule has 0 bridgehead atoms. The van der Waals surface area contributed by atoms with Gasteiger partial charge in [-0.15, -0.1) is 11.3 Å². The molecule has 0 spiro atoms. The van der Waals surface area contributed by atoms with Crippen molar-refractivity contribution in [2.75, 3.05) is 0 Å². The summed E-state index contributed by atoms with van der Waals surface area (Å²) >= 11 is 6.42. The van der Waals surface area contributed by atoms with Crippen LogP contribution in [-0.4, -0.2) is 5.16 Å². The normalized spacial score (nSPS) is 13.0. The molecule has 0 saturated carbocycles. The molecule has 0 N–H and O–H groups in total. The van der Waals surface area contributed by atoms with E-state index in [-0.39, 0.29) is 0 Å². The SMILES string of the molecule is Cc1cc(C#Cc2ccc(C3=CCCC3)s2)ccc1N=C=S. The van der Waals surface area contributed by atoms with E-state index in [1.54, 1.807) is 11.3 Å². The minimum Gasteiger partial charge on any atom is -0.194 e. The fraction of sp³-hybridized carbons (Fsp3) is 0.211. The van der Waals surface area contributed by atoms with E-state index in [2.05, 4.69) is 52.4 Å². The Balaban J connectivity index is 1.80. The molecule has 1 aromatic carbocycles. The maximum Gasteiger partial charge on any atom is 0.0778 e. The van der Waals surface area contributed by atoms with Crippen LogP contribution < -0.4 is 0 Å². The van der Waals surface area contributed by atoms with Crippen molar-refractivity contribution in [1.82, 2.24) is 0 Å². The summed E-state index contributed by atoms with van der Waals surface area (Å²) in [6.45, 7) is 2.01. The van der Waals surface area contributed by atoms with Gasteiger partial charge in [0.2, 0.25) is 0 Å². The molecule has 1 aromatic heterocycles. The maximum absolute atomic E-state index is 4.64. The zero-order valence-electron chi connectivity index (χ0n) is 12.3. The van der Waals surface area contributed by atoms with E-state index in [0.717, 1.165) is 21.7 Å². The van der Waals surface area contributed by atoms with E-state index in [1.807, 2.05) is 25.1 Å². The molecule has 0 fully saturated rings. The molecule has 1 nitrogen and oxygen atoms in total. The Bertz CT molecular complexity index is 840. The van der Waals surface area contributed by atoms with E-state index >= 15 is 0 Å². The lowest BCUT2D eigenvalue weighted by Crippen LogP contribution is -1.78. The van der Waals surface area contributed by atoms with E-state index < -0.39 is 0 Å². The topological polar surface area (TPSA) is 12.4 Å². The number of aliphatic imine (C=N–C) groups is 1. The molecule has 2 aromatic rings. The van der Waals surface area contributed by atoms with Crippen LogP contribution >= 0.6 is 23.6 Å². The van der Waals surface area contributed by atoms with Crippen LogP contribution in [0, 0.1) is 18.8 Å². The van der Waals surface area contributed by atoms with Crippen LogP contribution in [0.1, 0.15) is 40.1 Å². The van der Waals surface area contributed by atoms with Crippen molar-refractivity contribution in [3.05, 3.63) is 57.3 Å². The molecule has 1 heterocycles. The van der Waals surface area contributed by atoms with Gasteiger partial charge >= 0.3 is 0 Å². The first-order valence-corrected chi connectivity index (χ1v) is 8.48. The Labute approximate surface area is 140 Å². The highest BCUT2D eigenvalue weighted by Gasteiger charge is 2.08. The summed E-state index contributed by atoms with van der Waals surface area (Å²) in [4.78, 5) is 6.50. The van der Waals surface area contributed by atoms with Gasteiger partial charge in [-0.05, 0) is 79.9 Å². The van der Waals surface area contributed by atoms with Gasteiger partial charge in [0.25, 0.3) is 0 Å². The highest BCUT2D eigenvalue weighted by atomic mass is 32.1. The fourth-order valence-corrected chi connectivity index (χ4v) is 3.54. The monoisotopic (exact) mass is 321 g/mol. The number of allylic oxidation sites excluding steroid dienone is 2. The predicted octanol–water partition coefficient (Wildman–Crippen LogP) is 5.76. The van der Waals surface area contributed by atoms with Gasteiger partial charge in [0.15, 0.2) is 0 Å². The largest absolute Gasteiger partial charge is 0.194 e. The minimum absolute atomic E-state index is 0.854. The molecule has 0 saturated heterocycles. The van der Waals surface area contributed by atoms with Gasteiger partial charge in [0, 0.05) is 10.4 Å². The molecule has 0 radical (unpaired) electrons. The van der Waals surface area contributed by atoms with Crippen molar-refractivity contribution in [3.8, 4) is 11.8 Å². The summed E-state index contributed by atoms with van der Waals surface area (Å²) in [5, 5.41) is 2.40. The first-order chi connectivity index (χ1) is 10.8. The van der Waals surface area contributed by atoms with Gasteiger partial charge in [-0.2, -0.15) is 4.99 Å². The second kappa shape index (κ2) is 6.85. The van der Waals surface area contributed by atoms with Crippen molar-refractivity contribution in [2.24, 2.45) is 4.99 Å². The first kappa shape index (κ1) is 14.9. The van der Waals surface area contributed by atoms with Crippen molar-refractivity contribution < 1.29 is 0 Å². The number of hydrogen-bond donors (Lipinski definition) is 0. The van der Waals surface area contributed by atoms with Crippen molar-refractivity contribution in [2.45, 2.75) is 26.2 Å². The average molecular weight is 321 g/mol. The molecule has 0 unspecified atom stereocenters. The highest BCUT2D eigenvalue weighted by molar-refractivity contribution is 7.78. The third kappa shape index (κ3) is 3.43. The van der Waals surface area contributed by atoms with Crippen LogP contribution in [0.3, 0.4) is 0 Å². The number of rotatable bonds is 2. The summed E-state index contributed by atoms with van der Waals surface area (Å²) in [6.07, 6.45) is 6.05. The standard InChI is InChI=1S/C19H15NS2/c1-14-12-15(7-10-18(14)20-13-21)6-8-17-9-11-19(22-17)16-4-2-3-5-16/h4,7,9-12H,2-3,5H2,1H3.